The van der Waals surface area contributed by atoms with Crippen LogP contribution >= 0.6 is 7.14 Å². The summed E-state index contributed by atoms with van der Waals surface area (Å²) in [5.74, 6) is 0.808. The fourth-order valence-corrected chi connectivity index (χ4v) is 4.90. The van der Waals surface area contributed by atoms with Gasteiger partial charge in [0.1, 0.15) is 12.1 Å². The topological polar surface area (TPSA) is 35.5 Å². The van der Waals surface area contributed by atoms with Gasteiger partial charge in [-0.05, 0) is 17.7 Å². The third-order valence-electron chi connectivity index (χ3n) is 4.05. The number of ether oxygens (including phenoxy) is 2. The van der Waals surface area contributed by atoms with Crippen molar-refractivity contribution in [2.75, 3.05) is 13.5 Å². The second-order valence-electron chi connectivity index (χ2n) is 5.74. The maximum Gasteiger partial charge on any atom is 0.167 e. The molecule has 0 aliphatic carbocycles. The number of hydrogen-bond acceptors (Lipinski definition) is 3. The van der Waals surface area contributed by atoms with E-state index in [0.717, 1.165) is 21.9 Å². The van der Waals surface area contributed by atoms with Crippen molar-refractivity contribution in [2.24, 2.45) is 0 Å². The minimum absolute atomic E-state index is 0.174. The molecule has 0 amide bonds. The van der Waals surface area contributed by atoms with E-state index in [1.807, 2.05) is 84.9 Å². The van der Waals surface area contributed by atoms with Gasteiger partial charge >= 0.3 is 0 Å². The molecule has 0 bridgehead atoms. The second kappa shape index (κ2) is 8.15. The maximum absolute atomic E-state index is 13.8. The number of methoxy groups -OCH3 is 1. The van der Waals surface area contributed by atoms with Crippen LogP contribution in [-0.4, -0.2) is 13.5 Å². The Morgan fingerprint density at radius 3 is 1.76 bits per heavy atom. The van der Waals surface area contributed by atoms with E-state index in [4.69, 9.17) is 9.47 Å². The van der Waals surface area contributed by atoms with Crippen molar-refractivity contribution in [2.45, 2.75) is 6.61 Å². The summed E-state index contributed by atoms with van der Waals surface area (Å²) in [6, 6.07) is 26.8. The van der Waals surface area contributed by atoms with Gasteiger partial charge in [0.2, 0.25) is 0 Å². The summed E-state index contributed by atoms with van der Waals surface area (Å²) in [7, 11) is -1.18. The molecule has 3 aromatic carbocycles. The Morgan fingerprint density at radius 2 is 1.28 bits per heavy atom. The predicted octanol–water partition coefficient (Wildman–Crippen LogP) is 4.18. The van der Waals surface area contributed by atoms with Crippen molar-refractivity contribution >= 4 is 17.8 Å². The second-order valence-corrected chi connectivity index (χ2v) is 8.51. The molecular formula is C21H21O3P. The summed E-state index contributed by atoms with van der Waals surface area (Å²) in [5.41, 5.74) is 1.02. The third kappa shape index (κ3) is 4.19. The fraction of sp³-hybridized carbons (Fsp3) is 0.143. The lowest BCUT2D eigenvalue weighted by Gasteiger charge is -2.19. The van der Waals surface area contributed by atoms with Crippen LogP contribution in [-0.2, 0) is 15.9 Å². The van der Waals surface area contributed by atoms with Crippen LogP contribution in [0.5, 0.6) is 5.75 Å². The van der Waals surface area contributed by atoms with Gasteiger partial charge in [-0.2, -0.15) is 0 Å². The molecule has 0 aliphatic rings. The standard InChI is InChI=1S/C21H21O3P/c1-23-19-14-12-18(13-15-19)16-24-17-25(22,20-8-4-2-5-9-20)21-10-6-3-7-11-21/h2-15H,16-17H2,1H3. The molecule has 0 spiro atoms. The van der Waals surface area contributed by atoms with Gasteiger partial charge in [-0.15, -0.1) is 0 Å². The first-order valence-corrected chi connectivity index (χ1v) is 10.0. The summed E-state index contributed by atoms with van der Waals surface area (Å²) in [6.45, 7) is 0.410. The lowest BCUT2D eigenvalue weighted by Crippen LogP contribution is -2.19. The Bertz CT molecular complexity index is 787. The highest BCUT2D eigenvalue weighted by Gasteiger charge is 2.27. The van der Waals surface area contributed by atoms with Gasteiger partial charge in [0, 0.05) is 10.6 Å². The van der Waals surface area contributed by atoms with E-state index in [2.05, 4.69) is 0 Å². The molecule has 0 saturated carbocycles. The average molecular weight is 352 g/mol. The smallest absolute Gasteiger partial charge is 0.167 e. The van der Waals surface area contributed by atoms with Gasteiger partial charge in [-0.3, -0.25) is 0 Å². The molecule has 0 saturated heterocycles. The zero-order valence-corrected chi connectivity index (χ0v) is 15.1. The van der Waals surface area contributed by atoms with Crippen molar-refractivity contribution in [3.8, 4) is 5.75 Å². The average Bonchev–Trinajstić information content (AvgIpc) is 2.70. The summed E-state index contributed by atoms with van der Waals surface area (Å²) in [5, 5.41) is 1.63. The molecule has 25 heavy (non-hydrogen) atoms. The lowest BCUT2D eigenvalue weighted by molar-refractivity contribution is 0.163. The molecule has 0 fully saturated rings. The minimum atomic E-state index is -2.82. The molecule has 128 valence electrons. The number of rotatable bonds is 7. The van der Waals surface area contributed by atoms with Gasteiger partial charge < -0.3 is 14.0 Å². The first kappa shape index (κ1) is 17.5. The summed E-state index contributed by atoms with van der Waals surface area (Å²) >= 11 is 0. The fourth-order valence-electron chi connectivity index (χ4n) is 2.65. The third-order valence-corrected chi connectivity index (χ3v) is 6.86. The number of hydrogen-bond donors (Lipinski definition) is 0. The Morgan fingerprint density at radius 1 is 0.760 bits per heavy atom. The molecular weight excluding hydrogens is 331 g/mol. The van der Waals surface area contributed by atoms with Crippen LogP contribution in [0.2, 0.25) is 0 Å². The number of benzene rings is 3. The van der Waals surface area contributed by atoms with Crippen molar-refractivity contribution < 1.29 is 14.0 Å². The molecule has 0 heterocycles. The predicted molar refractivity (Wildman–Crippen MR) is 102 cm³/mol. The molecule has 4 heteroatoms. The lowest BCUT2D eigenvalue weighted by atomic mass is 10.2. The zero-order valence-electron chi connectivity index (χ0n) is 14.2. The highest BCUT2D eigenvalue weighted by Crippen LogP contribution is 2.43. The Balaban J connectivity index is 1.78. The molecule has 3 aromatic rings. The highest BCUT2D eigenvalue weighted by atomic mass is 31.2. The molecule has 0 unspecified atom stereocenters. The van der Waals surface area contributed by atoms with Gasteiger partial charge in [-0.1, -0.05) is 72.8 Å². The van der Waals surface area contributed by atoms with E-state index in [1.54, 1.807) is 7.11 Å². The van der Waals surface area contributed by atoms with Crippen LogP contribution in [0.1, 0.15) is 5.56 Å². The molecule has 0 atom stereocenters. The van der Waals surface area contributed by atoms with Gasteiger partial charge in [0.25, 0.3) is 0 Å². The van der Waals surface area contributed by atoms with Crippen LogP contribution < -0.4 is 15.3 Å². The van der Waals surface area contributed by atoms with Crippen molar-refractivity contribution in [3.63, 3.8) is 0 Å². The maximum atomic E-state index is 13.8. The van der Waals surface area contributed by atoms with E-state index in [1.165, 1.54) is 0 Å². The van der Waals surface area contributed by atoms with Crippen LogP contribution in [0.25, 0.3) is 0 Å². The Hall–Kier alpha value is -2.35. The van der Waals surface area contributed by atoms with Crippen LogP contribution in [0.15, 0.2) is 84.9 Å². The molecule has 0 aromatic heterocycles. The Labute approximate surface area is 148 Å². The molecule has 0 N–H and O–H groups in total. The highest BCUT2D eigenvalue weighted by molar-refractivity contribution is 7.78. The van der Waals surface area contributed by atoms with Crippen molar-refractivity contribution in [3.05, 3.63) is 90.5 Å². The molecule has 3 nitrogen and oxygen atoms in total. The van der Waals surface area contributed by atoms with E-state index < -0.39 is 7.14 Å². The summed E-state index contributed by atoms with van der Waals surface area (Å²) in [6.07, 6.45) is 0.174. The van der Waals surface area contributed by atoms with Crippen LogP contribution in [0.4, 0.5) is 0 Å². The molecule has 0 radical (unpaired) electrons. The van der Waals surface area contributed by atoms with Crippen LogP contribution in [0.3, 0.4) is 0 Å². The summed E-state index contributed by atoms with van der Waals surface area (Å²) in [4.78, 5) is 0. The van der Waals surface area contributed by atoms with Gasteiger partial charge in [0.15, 0.2) is 7.14 Å². The minimum Gasteiger partial charge on any atom is -0.497 e. The first-order chi connectivity index (χ1) is 12.2. The molecule has 0 aliphatic heterocycles. The molecule has 3 rings (SSSR count). The van der Waals surface area contributed by atoms with Gasteiger partial charge in [0.05, 0.1) is 13.7 Å². The SMILES string of the molecule is COc1ccc(COCP(=O)(c2ccccc2)c2ccccc2)cc1. The Kier molecular flexibility index (Phi) is 5.70. The first-order valence-electron chi connectivity index (χ1n) is 8.13. The zero-order chi connectivity index (χ0) is 17.5. The van der Waals surface area contributed by atoms with E-state index in [0.29, 0.717) is 6.61 Å². The van der Waals surface area contributed by atoms with E-state index in [-0.39, 0.29) is 6.35 Å². The van der Waals surface area contributed by atoms with Crippen molar-refractivity contribution in [1.82, 2.24) is 0 Å². The van der Waals surface area contributed by atoms with Crippen molar-refractivity contribution in [1.29, 1.82) is 0 Å². The normalized spacial score (nSPS) is 11.2. The quantitative estimate of drug-likeness (QED) is 0.598. The summed E-state index contributed by atoms with van der Waals surface area (Å²) < 4.78 is 24.8. The van der Waals surface area contributed by atoms with E-state index in [9.17, 15) is 4.57 Å². The van der Waals surface area contributed by atoms with Crippen LogP contribution in [0, 0.1) is 0 Å². The van der Waals surface area contributed by atoms with Gasteiger partial charge in [-0.25, -0.2) is 0 Å². The monoisotopic (exact) mass is 352 g/mol. The van der Waals surface area contributed by atoms with E-state index >= 15 is 0 Å². The largest absolute Gasteiger partial charge is 0.497 e.